The summed E-state index contributed by atoms with van der Waals surface area (Å²) >= 11 is 0. The lowest BCUT2D eigenvalue weighted by Gasteiger charge is -2.43. The number of rotatable bonds is 2. The number of hydrogen-bond acceptors (Lipinski definition) is 5. The fraction of sp³-hybridized carbons (Fsp3) is 0.786. The Bertz CT molecular complexity index is 408. The molecule has 1 amide bonds. The number of fused-ring (bicyclic) bond motifs is 1. The summed E-state index contributed by atoms with van der Waals surface area (Å²) < 4.78 is 9.80. The molecule has 1 saturated heterocycles. The van der Waals surface area contributed by atoms with Crippen molar-refractivity contribution < 1.29 is 23.9 Å². The van der Waals surface area contributed by atoms with Gasteiger partial charge in [-0.3, -0.25) is 9.69 Å². The Kier molecular flexibility index (Phi) is 4.62. The Labute approximate surface area is 118 Å². The van der Waals surface area contributed by atoms with E-state index in [0.717, 1.165) is 6.42 Å². The van der Waals surface area contributed by atoms with E-state index in [9.17, 15) is 14.4 Å². The van der Waals surface area contributed by atoms with Crippen molar-refractivity contribution in [1.82, 2.24) is 4.90 Å². The van der Waals surface area contributed by atoms with Crippen LogP contribution in [-0.4, -0.2) is 49.0 Å². The minimum atomic E-state index is -0.630. The predicted molar refractivity (Wildman–Crippen MR) is 70.0 cm³/mol. The summed E-state index contributed by atoms with van der Waals surface area (Å²) in [6, 6.07) is -0.630. The summed E-state index contributed by atoms with van der Waals surface area (Å²) in [6.07, 6.45) is 1.85. The lowest BCUT2D eigenvalue weighted by molar-refractivity contribution is -0.153. The van der Waals surface area contributed by atoms with Crippen LogP contribution in [0.4, 0.5) is 4.79 Å². The van der Waals surface area contributed by atoms with Gasteiger partial charge in [0.1, 0.15) is 11.8 Å². The molecule has 1 heterocycles. The molecular formula is C14H21NO5. The number of esters is 1. The first kappa shape index (κ1) is 14.8. The standard InChI is InChI=1S/C14H21NO5/c1-3-20-13(17)12-7-10-6-11(16)5-4-9(10)8-15(12)14(18)19-2/h9-10,12H,3-8H2,1-2H3/t9-,10+,12+/m1/s1. The number of likely N-dealkylation sites (tertiary alicyclic amines) is 1. The highest BCUT2D eigenvalue weighted by Crippen LogP contribution is 2.37. The number of ether oxygens (including phenoxy) is 2. The molecule has 0 N–H and O–H groups in total. The van der Waals surface area contributed by atoms with Gasteiger partial charge in [0.2, 0.25) is 0 Å². The van der Waals surface area contributed by atoms with Gasteiger partial charge in [0, 0.05) is 19.4 Å². The number of nitrogens with zero attached hydrogens (tertiary/aromatic N) is 1. The normalized spacial score (nSPS) is 29.6. The van der Waals surface area contributed by atoms with Gasteiger partial charge in [-0.1, -0.05) is 0 Å². The summed E-state index contributed by atoms with van der Waals surface area (Å²) in [6.45, 7) is 2.47. The van der Waals surface area contributed by atoms with E-state index in [2.05, 4.69) is 0 Å². The first-order valence-electron chi connectivity index (χ1n) is 7.09. The van der Waals surface area contributed by atoms with Crippen LogP contribution in [0.1, 0.15) is 32.6 Å². The molecule has 1 aliphatic heterocycles. The lowest BCUT2D eigenvalue weighted by Crippen LogP contribution is -2.55. The zero-order valence-electron chi connectivity index (χ0n) is 12.0. The summed E-state index contributed by atoms with van der Waals surface area (Å²) in [7, 11) is 1.31. The highest BCUT2D eigenvalue weighted by Gasteiger charge is 2.44. The minimum absolute atomic E-state index is 0.173. The number of methoxy groups -OCH3 is 1. The van der Waals surface area contributed by atoms with Crippen molar-refractivity contribution in [2.24, 2.45) is 11.8 Å². The number of carbonyl (C=O) groups excluding carboxylic acids is 3. The second-order valence-electron chi connectivity index (χ2n) is 5.43. The zero-order chi connectivity index (χ0) is 14.7. The van der Waals surface area contributed by atoms with Gasteiger partial charge < -0.3 is 9.47 Å². The number of ketones is 1. The van der Waals surface area contributed by atoms with E-state index >= 15 is 0 Å². The molecule has 20 heavy (non-hydrogen) atoms. The quantitative estimate of drug-likeness (QED) is 0.716. The van der Waals surface area contributed by atoms with Crippen molar-refractivity contribution in [2.45, 2.75) is 38.6 Å². The van der Waals surface area contributed by atoms with Gasteiger partial charge in [0.25, 0.3) is 0 Å². The van der Waals surface area contributed by atoms with Crippen LogP contribution in [0.5, 0.6) is 0 Å². The van der Waals surface area contributed by atoms with E-state index < -0.39 is 18.1 Å². The van der Waals surface area contributed by atoms with Crippen molar-refractivity contribution in [1.29, 1.82) is 0 Å². The molecule has 0 aromatic rings. The molecule has 1 aliphatic carbocycles. The number of amides is 1. The Hall–Kier alpha value is -1.59. The van der Waals surface area contributed by atoms with Crippen LogP contribution in [0.3, 0.4) is 0 Å². The molecule has 1 saturated carbocycles. The van der Waals surface area contributed by atoms with Gasteiger partial charge >= 0.3 is 12.1 Å². The number of hydrogen-bond donors (Lipinski definition) is 0. The van der Waals surface area contributed by atoms with Crippen LogP contribution >= 0.6 is 0 Å². The number of piperidine rings is 1. The third-order valence-corrected chi connectivity index (χ3v) is 4.25. The molecule has 0 aromatic carbocycles. The molecule has 0 bridgehead atoms. The van der Waals surface area contributed by atoms with Gasteiger partial charge in [-0.15, -0.1) is 0 Å². The lowest BCUT2D eigenvalue weighted by atomic mass is 9.72. The largest absolute Gasteiger partial charge is 0.464 e. The molecule has 0 aromatic heterocycles. The van der Waals surface area contributed by atoms with Crippen molar-refractivity contribution >= 4 is 17.8 Å². The van der Waals surface area contributed by atoms with E-state index in [-0.39, 0.29) is 24.2 Å². The Morgan fingerprint density at radius 2 is 2.10 bits per heavy atom. The van der Waals surface area contributed by atoms with E-state index in [4.69, 9.17) is 9.47 Å². The van der Waals surface area contributed by atoms with Crippen molar-refractivity contribution in [3.05, 3.63) is 0 Å². The molecule has 2 rings (SSSR count). The van der Waals surface area contributed by atoms with E-state index in [1.165, 1.54) is 12.0 Å². The van der Waals surface area contributed by atoms with Crippen LogP contribution in [0, 0.1) is 11.8 Å². The Morgan fingerprint density at radius 1 is 1.35 bits per heavy atom. The summed E-state index contributed by atoms with van der Waals surface area (Å²) in [4.78, 5) is 36.9. The maximum absolute atomic E-state index is 12.0. The fourth-order valence-electron chi connectivity index (χ4n) is 3.23. The first-order valence-corrected chi connectivity index (χ1v) is 7.09. The van der Waals surface area contributed by atoms with Gasteiger partial charge in [-0.2, -0.15) is 0 Å². The van der Waals surface area contributed by atoms with Gasteiger partial charge in [0.05, 0.1) is 13.7 Å². The summed E-state index contributed by atoms with van der Waals surface area (Å²) in [5.41, 5.74) is 0. The van der Waals surface area contributed by atoms with E-state index in [0.29, 0.717) is 25.8 Å². The SMILES string of the molecule is CCOC(=O)[C@@H]1C[C@@H]2CC(=O)CC[C@@H]2CN1C(=O)OC. The van der Waals surface area contributed by atoms with Crippen LogP contribution in [0.25, 0.3) is 0 Å². The zero-order valence-corrected chi connectivity index (χ0v) is 12.0. The average molecular weight is 283 g/mol. The highest BCUT2D eigenvalue weighted by atomic mass is 16.6. The van der Waals surface area contributed by atoms with Crippen LogP contribution < -0.4 is 0 Å². The molecular weight excluding hydrogens is 262 g/mol. The smallest absolute Gasteiger partial charge is 0.410 e. The minimum Gasteiger partial charge on any atom is -0.464 e. The second-order valence-corrected chi connectivity index (χ2v) is 5.43. The average Bonchev–Trinajstić information content (AvgIpc) is 2.45. The first-order chi connectivity index (χ1) is 9.56. The van der Waals surface area contributed by atoms with Gasteiger partial charge in [-0.25, -0.2) is 9.59 Å². The maximum Gasteiger partial charge on any atom is 0.410 e. The fourth-order valence-corrected chi connectivity index (χ4v) is 3.23. The summed E-state index contributed by atoms with van der Waals surface area (Å²) in [5.74, 6) is 0.291. The van der Waals surface area contributed by atoms with Crippen molar-refractivity contribution in [3.8, 4) is 0 Å². The topological polar surface area (TPSA) is 72.9 Å². The third-order valence-electron chi connectivity index (χ3n) is 4.25. The van der Waals surface area contributed by atoms with Crippen LogP contribution in [0.15, 0.2) is 0 Å². The molecule has 2 aliphatic rings. The van der Waals surface area contributed by atoms with Crippen molar-refractivity contribution in [2.75, 3.05) is 20.3 Å². The van der Waals surface area contributed by atoms with Gasteiger partial charge in [-0.05, 0) is 31.6 Å². The Balaban J connectivity index is 2.15. The van der Waals surface area contributed by atoms with Crippen LogP contribution in [0.2, 0.25) is 0 Å². The second kappa shape index (κ2) is 6.24. The molecule has 0 radical (unpaired) electrons. The predicted octanol–water partition coefficient (Wildman–Crippen LogP) is 1.38. The van der Waals surface area contributed by atoms with Gasteiger partial charge in [0.15, 0.2) is 0 Å². The molecule has 2 fully saturated rings. The monoisotopic (exact) mass is 283 g/mol. The summed E-state index contributed by atoms with van der Waals surface area (Å²) in [5, 5.41) is 0. The molecule has 0 spiro atoms. The molecule has 3 atom stereocenters. The van der Waals surface area contributed by atoms with Crippen LogP contribution in [-0.2, 0) is 19.1 Å². The van der Waals surface area contributed by atoms with E-state index in [1.54, 1.807) is 6.92 Å². The van der Waals surface area contributed by atoms with E-state index in [1.807, 2.05) is 0 Å². The molecule has 6 heteroatoms. The number of carbonyl (C=O) groups is 3. The molecule has 6 nitrogen and oxygen atoms in total. The third kappa shape index (κ3) is 2.94. The Morgan fingerprint density at radius 3 is 2.75 bits per heavy atom. The highest BCUT2D eigenvalue weighted by molar-refractivity contribution is 5.83. The maximum atomic E-state index is 12.0. The number of Topliss-reactive ketones (excluding diaryl/α,β-unsaturated/α-hetero) is 1. The molecule has 0 unspecified atom stereocenters. The van der Waals surface area contributed by atoms with Crippen molar-refractivity contribution in [3.63, 3.8) is 0 Å². The molecule has 112 valence electrons.